The van der Waals surface area contributed by atoms with Crippen molar-refractivity contribution in [3.8, 4) is 11.5 Å². The van der Waals surface area contributed by atoms with Crippen molar-refractivity contribution in [1.82, 2.24) is 15.1 Å². The molecule has 2 aromatic rings. The maximum atomic E-state index is 12.5. The normalized spacial score (nSPS) is 18.2. The summed E-state index contributed by atoms with van der Waals surface area (Å²) in [5.41, 5.74) is 7.20. The summed E-state index contributed by atoms with van der Waals surface area (Å²) in [4.78, 5) is 12.5. The van der Waals surface area contributed by atoms with Crippen molar-refractivity contribution >= 4 is 11.7 Å². The summed E-state index contributed by atoms with van der Waals surface area (Å²) < 4.78 is 12.8. The van der Waals surface area contributed by atoms with Gasteiger partial charge in [0.2, 0.25) is 5.91 Å². The van der Waals surface area contributed by atoms with Gasteiger partial charge in [-0.25, -0.2) is 4.68 Å². The Balaban J connectivity index is 1.80. The van der Waals surface area contributed by atoms with Crippen LogP contribution in [0, 0.1) is 6.92 Å². The molecule has 3 rings (SSSR count). The predicted octanol–water partition coefficient (Wildman–Crippen LogP) is 2.20. The molecule has 1 aromatic carbocycles. The zero-order valence-electron chi connectivity index (χ0n) is 15.0. The van der Waals surface area contributed by atoms with Gasteiger partial charge in [-0.1, -0.05) is 0 Å². The van der Waals surface area contributed by atoms with E-state index < -0.39 is 5.60 Å². The second kappa shape index (κ2) is 6.31. The summed E-state index contributed by atoms with van der Waals surface area (Å²) in [5.74, 6) is 1.79. The first-order valence-corrected chi connectivity index (χ1v) is 8.23. The van der Waals surface area contributed by atoms with Crippen molar-refractivity contribution in [3.63, 3.8) is 0 Å². The molecule has 1 atom stereocenters. The fourth-order valence-electron chi connectivity index (χ4n) is 3.16. The number of nitrogens with zero attached hydrogens (tertiary/aromatic N) is 2. The van der Waals surface area contributed by atoms with E-state index in [4.69, 9.17) is 15.2 Å². The number of nitrogens with two attached hydrogens (primary N) is 1. The molecule has 1 aliphatic rings. The highest BCUT2D eigenvalue weighted by molar-refractivity contribution is 5.77. The first-order valence-electron chi connectivity index (χ1n) is 8.23. The molecule has 2 heterocycles. The van der Waals surface area contributed by atoms with E-state index in [9.17, 15) is 4.79 Å². The van der Waals surface area contributed by atoms with E-state index in [1.54, 1.807) is 13.2 Å². The van der Waals surface area contributed by atoms with Gasteiger partial charge in [-0.05, 0) is 32.9 Å². The van der Waals surface area contributed by atoms with Crippen LogP contribution in [-0.2, 0) is 11.3 Å². The van der Waals surface area contributed by atoms with E-state index in [1.807, 2.05) is 39.0 Å². The number of aryl methyl sites for hydroxylation is 1. The lowest BCUT2D eigenvalue weighted by atomic mass is 9.89. The third-order valence-electron chi connectivity index (χ3n) is 4.24. The molecular formula is C18H24N4O3. The standard InChI is InChI=1S/C18H24N4O3/c1-11-7-16(19)22(21-11)10-17(23)20-14-9-18(2,3)25-15-8-12(24-4)5-6-13(14)15/h5-8,14H,9-10,19H2,1-4H3,(H,20,23). The molecule has 1 unspecified atom stereocenters. The van der Waals surface area contributed by atoms with Gasteiger partial charge < -0.3 is 20.5 Å². The van der Waals surface area contributed by atoms with Gasteiger partial charge >= 0.3 is 0 Å². The minimum absolute atomic E-state index is 0.0863. The number of rotatable bonds is 4. The van der Waals surface area contributed by atoms with Crippen LogP contribution in [0.25, 0.3) is 0 Å². The maximum Gasteiger partial charge on any atom is 0.242 e. The van der Waals surface area contributed by atoms with E-state index in [1.165, 1.54) is 4.68 Å². The number of hydrogen-bond acceptors (Lipinski definition) is 5. The first kappa shape index (κ1) is 17.1. The molecule has 7 heteroatoms. The third kappa shape index (κ3) is 3.70. The Hall–Kier alpha value is -2.70. The summed E-state index contributed by atoms with van der Waals surface area (Å²) in [6.07, 6.45) is 0.672. The van der Waals surface area contributed by atoms with Crippen molar-refractivity contribution in [1.29, 1.82) is 0 Å². The second-order valence-electron chi connectivity index (χ2n) is 6.96. The Kier molecular flexibility index (Phi) is 4.32. The Bertz CT molecular complexity index is 798. The summed E-state index contributed by atoms with van der Waals surface area (Å²) in [7, 11) is 1.62. The molecule has 0 bridgehead atoms. The minimum atomic E-state index is -0.390. The molecule has 0 fully saturated rings. The third-order valence-corrected chi connectivity index (χ3v) is 4.24. The topological polar surface area (TPSA) is 91.4 Å². The van der Waals surface area contributed by atoms with Crippen molar-refractivity contribution in [2.45, 2.75) is 45.4 Å². The summed E-state index contributed by atoms with van der Waals surface area (Å²) >= 11 is 0. The van der Waals surface area contributed by atoms with Gasteiger partial charge in [0, 0.05) is 24.1 Å². The number of nitrogen functional groups attached to an aromatic ring is 1. The molecule has 1 amide bonds. The number of nitrogens with one attached hydrogen (secondary N) is 1. The largest absolute Gasteiger partial charge is 0.497 e. The van der Waals surface area contributed by atoms with Crippen molar-refractivity contribution in [3.05, 3.63) is 35.5 Å². The number of benzene rings is 1. The zero-order valence-corrected chi connectivity index (χ0v) is 15.0. The monoisotopic (exact) mass is 344 g/mol. The predicted molar refractivity (Wildman–Crippen MR) is 94.6 cm³/mol. The lowest BCUT2D eigenvalue weighted by molar-refractivity contribution is -0.123. The summed E-state index contributed by atoms with van der Waals surface area (Å²) in [6.45, 7) is 5.94. The molecule has 0 radical (unpaired) electrons. The molecule has 3 N–H and O–H groups in total. The van der Waals surface area contributed by atoms with Crippen LogP contribution in [0.2, 0.25) is 0 Å². The van der Waals surface area contributed by atoms with E-state index >= 15 is 0 Å². The van der Waals surface area contributed by atoms with E-state index in [0.717, 1.165) is 22.8 Å². The van der Waals surface area contributed by atoms with Gasteiger partial charge in [0.15, 0.2) is 0 Å². The molecule has 134 valence electrons. The summed E-state index contributed by atoms with van der Waals surface area (Å²) in [5, 5.41) is 7.31. The Morgan fingerprint density at radius 2 is 2.24 bits per heavy atom. The van der Waals surface area contributed by atoms with Crippen LogP contribution in [0.15, 0.2) is 24.3 Å². The van der Waals surface area contributed by atoms with Crippen LogP contribution in [0.1, 0.15) is 37.6 Å². The van der Waals surface area contributed by atoms with Gasteiger partial charge in [-0.3, -0.25) is 4.79 Å². The van der Waals surface area contributed by atoms with Crippen molar-refractivity contribution in [2.75, 3.05) is 12.8 Å². The van der Waals surface area contributed by atoms with Gasteiger partial charge in [-0.2, -0.15) is 5.10 Å². The van der Waals surface area contributed by atoms with Gasteiger partial charge in [-0.15, -0.1) is 0 Å². The number of carbonyl (C=O) groups excluding carboxylic acids is 1. The molecule has 0 saturated heterocycles. The number of hydrogen-bond donors (Lipinski definition) is 2. The van der Waals surface area contributed by atoms with Gasteiger partial charge in [0.25, 0.3) is 0 Å². The number of aromatic nitrogens is 2. The van der Waals surface area contributed by atoms with Crippen LogP contribution in [0.4, 0.5) is 5.82 Å². The number of methoxy groups -OCH3 is 1. The average Bonchev–Trinajstić information content (AvgIpc) is 2.82. The number of ether oxygens (including phenoxy) is 2. The number of anilines is 1. The molecule has 1 aromatic heterocycles. The average molecular weight is 344 g/mol. The van der Waals surface area contributed by atoms with Crippen LogP contribution >= 0.6 is 0 Å². The molecular weight excluding hydrogens is 320 g/mol. The van der Waals surface area contributed by atoms with E-state index in [0.29, 0.717) is 12.2 Å². The number of amides is 1. The lowest BCUT2D eigenvalue weighted by Gasteiger charge is -2.38. The zero-order chi connectivity index (χ0) is 18.2. The highest BCUT2D eigenvalue weighted by Crippen LogP contribution is 2.41. The fraction of sp³-hybridized carbons (Fsp3) is 0.444. The van der Waals surface area contributed by atoms with Crippen LogP contribution in [-0.4, -0.2) is 28.4 Å². The highest BCUT2D eigenvalue weighted by atomic mass is 16.5. The number of carbonyl (C=O) groups is 1. The lowest BCUT2D eigenvalue weighted by Crippen LogP contribution is -2.42. The van der Waals surface area contributed by atoms with Crippen LogP contribution in [0.5, 0.6) is 11.5 Å². The highest BCUT2D eigenvalue weighted by Gasteiger charge is 2.34. The fourth-order valence-corrected chi connectivity index (χ4v) is 3.16. The van der Waals surface area contributed by atoms with Gasteiger partial charge in [0.05, 0.1) is 18.8 Å². The van der Waals surface area contributed by atoms with Crippen LogP contribution < -0.4 is 20.5 Å². The van der Waals surface area contributed by atoms with Crippen molar-refractivity contribution < 1.29 is 14.3 Å². The van der Waals surface area contributed by atoms with Crippen molar-refractivity contribution in [2.24, 2.45) is 0 Å². The quantitative estimate of drug-likeness (QED) is 0.887. The Labute approximate surface area is 147 Å². The Morgan fingerprint density at radius 1 is 1.48 bits per heavy atom. The number of fused-ring (bicyclic) bond motifs is 1. The minimum Gasteiger partial charge on any atom is -0.497 e. The molecule has 0 saturated carbocycles. The maximum absolute atomic E-state index is 12.5. The first-order chi connectivity index (χ1) is 11.8. The Morgan fingerprint density at radius 3 is 2.88 bits per heavy atom. The van der Waals surface area contributed by atoms with E-state index in [2.05, 4.69) is 10.4 Å². The molecule has 1 aliphatic heterocycles. The molecule has 7 nitrogen and oxygen atoms in total. The summed E-state index contributed by atoms with van der Waals surface area (Å²) in [6, 6.07) is 7.25. The molecule has 25 heavy (non-hydrogen) atoms. The van der Waals surface area contributed by atoms with E-state index in [-0.39, 0.29) is 18.5 Å². The smallest absolute Gasteiger partial charge is 0.242 e. The van der Waals surface area contributed by atoms with Crippen LogP contribution in [0.3, 0.4) is 0 Å². The second-order valence-corrected chi connectivity index (χ2v) is 6.96. The molecule has 0 spiro atoms. The SMILES string of the molecule is COc1ccc2c(c1)OC(C)(C)CC2NC(=O)Cn1nc(C)cc1N. The van der Waals surface area contributed by atoms with Gasteiger partial charge in [0.1, 0.15) is 29.5 Å². The molecule has 0 aliphatic carbocycles.